The van der Waals surface area contributed by atoms with E-state index in [1.165, 1.54) is 0 Å². The molecule has 0 radical (unpaired) electrons. The van der Waals surface area contributed by atoms with Gasteiger partial charge in [0, 0.05) is 18.9 Å². The van der Waals surface area contributed by atoms with Crippen LogP contribution in [-0.2, 0) is 16.1 Å². The molecule has 0 aliphatic heterocycles. The number of rotatable bonds is 6. The van der Waals surface area contributed by atoms with Crippen molar-refractivity contribution in [3.63, 3.8) is 0 Å². The summed E-state index contributed by atoms with van der Waals surface area (Å²) in [4.78, 5) is 36.4. The number of amides is 2. The first-order chi connectivity index (χ1) is 8.99. The van der Waals surface area contributed by atoms with Crippen molar-refractivity contribution in [3.05, 3.63) is 30.1 Å². The lowest BCUT2D eigenvalue weighted by Crippen LogP contribution is -2.46. The molecule has 8 heteroatoms. The summed E-state index contributed by atoms with van der Waals surface area (Å²) in [5, 5.41) is 21.7. The number of carbonyl (C=O) groups is 3. The first-order valence-electron chi connectivity index (χ1n) is 5.37. The maximum Gasteiger partial charge on any atom is 0.326 e. The summed E-state index contributed by atoms with van der Waals surface area (Å²) in [6.45, 7) is 0.166. The van der Waals surface area contributed by atoms with Crippen molar-refractivity contribution in [1.82, 2.24) is 15.6 Å². The fraction of sp³-hybridized carbons (Fsp3) is 0.273. The summed E-state index contributed by atoms with van der Waals surface area (Å²) in [7, 11) is 0. The molecule has 0 aliphatic carbocycles. The van der Waals surface area contributed by atoms with Gasteiger partial charge in [-0.15, -0.1) is 0 Å². The van der Waals surface area contributed by atoms with Crippen molar-refractivity contribution < 1.29 is 24.6 Å². The number of urea groups is 1. The number of carboxylic acids is 2. The van der Waals surface area contributed by atoms with Crippen molar-refractivity contribution in [3.8, 4) is 0 Å². The highest BCUT2D eigenvalue weighted by Crippen LogP contribution is 1.95. The van der Waals surface area contributed by atoms with E-state index in [1.807, 2.05) is 0 Å². The van der Waals surface area contributed by atoms with E-state index in [4.69, 9.17) is 10.2 Å². The second-order valence-corrected chi connectivity index (χ2v) is 3.68. The molecule has 0 bridgehead atoms. The van der Waals surface area contributed by atoms with E-state index in [1.54, 1.807) is 24.5 Å². The number of nitrogens with one attached hydrogen (secondary N) is 2. The normalized spacial score (nSPS) is 11.4. The van der Waals surface area contributed by atoms with Crippen molar-refractivity contribution in [1.29, 1.82) is 0 Å². The number of hydrogen-bond acceptors (Lipinski definition) is 4. The van der Waals surface area contributed by atoms with Gasteiger partial charge in [0.25, 0.3) is 0 Å². The number of pyridine rings is 1. The highest BCUT2D eigenvalue weighted by Gasteiger charge is 2.22. The summed E-state index contributed by atoms with van der Waals surface area (Å²) in [6, 6.07) is 1.21. The Hall–Kier alpha value is -2.64. The van der Waals surface area contributed by atoms with Gasteiger partial charge in [-0.05, 0) is 11.6 Å². The SMILES string of the molecule is O=C(O)C[C@@H](NC(=O)NCc1cccnc1)C(=O)O. The minimum Gasteiger partial charge on any atom is -0.481 e. The van der Waals surface area contributed by atoms with E-state index >= 15 is 0 Å². The molecule has 19 heavy (non-hydrogen) atoms. The van der Waals surface area contributed by atoms with Crippen LogP contribution >= 0.6 is 0 Å². The number of aromatic nitrogens is 1. The lowest BCUT2D eigenvalue weighted by atomic mass is 10.2. The van der Waals surface area contributed by atoms with E-state index in [0.29, 0.717) is 0 Å². The number of carboxylic acid groups (broad SMARTS) is 2. The van der Waals surface area contributed by atoms with Gasteiger partial charge in [-0.1, -0.05) is 6.07 Å². The number of carbonyl (C=O) groups excluding carboxylic acids is 1. The maximum absolute atomic E-state index is 11.4. The second kappa shape index (κ2) is 6.94. The van der Waals surface area contributed by atoms with E-state index in [9.17, 15) is 14.4 Å². The van der Waals surface area contributed by atoms with Crippen LogP contribution in [0.2, 0.25) is 0 Å². The molecule has 1 rings (SSSR count). The first-order valence-corrected chi connectivity index (χ1v) is 5.37. The molecule has 0 saturated heterocycles. The van der Waals surface area contributed by atoms with Gasteiger partial charge in [0.1, 0.15) is 6.04 Å². The topological polar surface area (TPSA) is 129 Å². The van der Waals surface area contributed by atoms with Crippen LogP contribution in [0.5, 0.6) is 0 Å². The average Bonchev–Trinajstić information content (AvgIpc) is 2.36. The maximum atomic E-state index is 11.4. The Bertz CT molecular complexity index is 463. The Morgan fingerprint density at radius 2 is 2.05 bits per heavy atom. The fourth-order valence-corrected chi connectivity index (χ4v) is 1.27. The zero-order valence-electron chi connectivity index (χ0n) is 9.87. The molecule has 0 aromatic carbocycles. The molecule has 4 N–H and O–H groups in total. The van der Waals surface area contributed by atoms with Crippen LogP contribution in [0.3, 0.4) is 0 Å². The fourth-order valence-electron chi connectivity index (χ4n) is 1.27. The van der Waals surface area contributed by atoms with E-state index in [0.717, 1.165) is 5.56 Å². The van der Waals surface area contributed by atoms with Crippen molar-refractivity contribution >= 4 is 18.0 Å². The van der Waals surface area contributed by atoms with Gasteiger partial charge in [-0.3, -0.25) is 9.78 Å². The quantitative estimate of drug-likeness (QED) is 0.565. The Labute approximate surface area is 108 Å². The van der Waals surface area contributed by atoms with E-state index in [-0.39, 0.29) is 6.54 Å². The monoisotopic (exact) mass is 267 g/mol. The van der Waals surface area contributed by atoms with Gasteiger partial charge >= 0.3 is 18.0 Å². The molecule has 1 atom stereocenters. The van der Waals surface area contributed by atoms with Gasteiger partial charge in [-0.2, -0.15) is 0 Å². The number of nitrogens with zero attached hydrogens (tertiary/aromatic N) is 1. The highest BCUT2D eigenvalue weighted by molar-refractivity contribution is 5.86. The first kappa shape index (κ1) is 14.4. The molecule has 0 saturated carbocycles. The van der Waals surface area contributed by atoms with Crippen LogP contribution in [0.4, 0.5) is 4.79 Å². The third-order valence-electron chi connectivity index (χ3n) is 2.16. The Morgan fingerprint density at radius 3 is 2.58 bits per heavy atom. The predicted molar refractivity (Wildman–Crippen MR) is 63.3 cm³/mol. The summed E-state index contributed by atoms with van der Waals surface area (Å²) in [5.41, 5.74) is 0.739. The third kappa shape index (κ3) is 5.48. The molecule has 102 valence electrons. The molecule has 8 nitrogen and oxygen atoms in total. The van der Waals surface area contributed by atoms with Crippen LogP contribution < -0.4 is 10.6 Å². The molecular weight excluding hydrogens is 254 g/mol. The largest absolute Gasteiger partial charge is 0.481 e. The van der Waals surface area contributed by atoms with Crippen molar-refractivity contribution in [2.45, 2.75) is 19.0 Å². The third-order valence-corrected chi connectivity index (χ3v) is 2.16. The Balaban J connectivity index is 2.45. The molecule has 0 aliphatic rings. The molecule has 0 spiro atoms. The Morgan fingerprint density at radius 1 is 1.32 bits per heavy atom. The highest BCUT2D eigenvalue weighted by atomic mass is 16.4. The smallest absolute Gasteiger partial charge is 0.326 e. The van der Waals surface area contributed by atoms with Gasteiger partial charge in [-0.25, -0.2) is 9.59 Å². The minimum absolute atomic E-state index is 0.166. The van der Waals surface area contributed by atoms with Crippen LogP contribution in [0, 0.1) is 0 Å². The van der Waals surface area contributed by atoms with Crippen molar-refractivity contribution in [2.24, 2.45) is 0 Å². The van der Waals surface area contributed by atoms with Crippen molar-refractivity contribution in [2.75, 3.05) is 0 Å². The van der Waals surface area contributed by atoms with Crippen LogP contribution in [0.15, 0.2) is 24.5 Å². The van der Waals surface area contributed by atoms with Gasteiger partial charge < -0.3 is 20.8 Å². The summed E-state index contributed by atoms with van der Waals surface area (Å²) >= 11 is 0. The molecule has 1 heterocycles. The molecule has 2 amide bonds. The number of aliphatic carboxylic acids is 2. The number of hydrogen-bond donors (Lipinski definition) is 4. The minimum atomic E-state index is -1.47. The zero-order chi connectivity index (χ0) is 14.3. The molecule has 0 fully saturated rings. The lowest BCUT2D eigenvalue weighted by molar-refractivity contribution is -0.145. The van der Waals surface area contributed by atoms with Gasteiger partial charge in [0.05, 0.1) is 6.42 Å². The molecule has 0 unspecified atom stereocenters. The van der Waals surface area contributed by atoms with E-state index in [2.05, 4.69) is 15.6 Å². The summed E-state index contributed by atoms with van der Waals surface area (Å²) in [6.07, 6.45) is 2.44. The standard InChI is InChI=1S/C11H13N3O5/c15-9(16)4-8(10(17)18)14-11(19)13-6-7-2-1-3-12-5-7/h1-3,5,8H,4,6H2,(H,15,16)(H,17,18)(H2,13,14,19)/t8-/m1/s1. The summed E-state index contributed by atoms with van der Waals surface area (Å²) in [5.74, 6) is -2.71. The van der Waals surface area contributed by atoms with Crippen LogP contribution in [0.25, 0.3) is 0 Å². The Kier molecular flexibility index (Phi) is 5.27. The average molecular weight is 267 g/mol. The van der Waals surface area contributed by atoms with Crippen LogP contribution in [0.1, 0.15) is 12.0 Å². The van der Waals surface area contributed by atoms with Gasteiger partial charge in [0.2, 0.25) is 0 Å². The molecular formula is C11H13N3O5. The second-order valence-electron chi connectivity index (χ2n) is 3.68. The summed E-state index contributed by atoms with van der Waals surface area (Å²) < 4.78 is 0. The van der Waals surface area contributed by atoms with E-state index < -0.39 is 30.4 Å². The predicted octanol–water partition coefficient (Wildman–Crippen LogP) is -0.191. The molecule has 1 aromatic heterocycles. The van der Waals surface area contributed by atoms with Crippen LogP contribution in [-0.4, -0.2) is 39.2 Å². The zero-order valence-corrected chi connectivity index (χ0v) is 9.87. The van der Waals surface area contributed by atoms with Gasteiger partial charge in [0.15, 0.2) is 0 Å². The molecule has 1 aromatic rings. The lowest BCUT2D eigenvalue weighted by Gasteiger charge is -2.13.